The number of hydrogen-bond donors (Lipinski definition) is 2. The third kappa shape index (κ3) is 2.21. The van der Waals surface area contributed by atoms with Crippen LogP contribution in [0, 0.1) is 0 Å². The van der Waals surface area contributed by atoms with Crippen LogP contribution in [0.4, 0.5) is 0 Å². The number of halogens is 1. The maximum absolute atomic E-state index is 10.5. The molecule has 11 heavy (non-hydrogen) atoms. The van der Waals surface area contributed by atoms with Gasteiger partial charge in [0.05, 0.1) is 0 Å². The summed E-state index contributed by atoms with van der Waals surface area (Å²) in [5.41, 5.74) is 0.959. The number of alkyl halides is 1. The molecule has 60 valence electrons. The van der Waals surface area contributed by atoms with Crippen molar-refractivity contribution in [3.63, 3.8) is 0 Å². The molecule has 2 N–H and O–H groups in total. The van der Waals surface area contributed by atoms with Crippen LogP contribution in [-0.4, -0.2) is 21.5 Å². The Hall–Kier alpha value is -0.520. The van der Waals surface area contributed by atoms with Crippen molar-refractivity contribution in [1.29, 1.82) is 0 Å². The first-order valence-electron chi connectivity index (χ1n) is 3.16. The first-order chi connectivity index (χ1) is 5.24. The summed E-state index contributed by atoms with van der Waals surface area (Å²) in [4.78, 5) is 10.5. The monoisotopic (exact) mass is 265 g/mol. The van der Waals surface area contributed by atoms with E-state index in [9.17, 15) is 4.79 Å². The molecule has 0 saturated heterocycles. The van der Waals surface area contributed by atoms with E-state index in [0.29, 0.717) is 0 Å². The van der Waals surface area contributed by atoms with E-state index < -0.39 is 12.0 Å². The van der Waals surface area contributed by atoms with Crippen LogP contribution in [0.15, 0.2) is 23.9 Å². The highest BCUT2D eigenvalue weighted by Gasteiger charge is 2.15. The van der Waals surface area contributed by atoms with Gasteiger partial charge < -0.3 is 10.4 Å². The number of nitrogens with one attached hydrogen (secondary N) is 1. The summed E-state index contributed by atoms with van der Waals surface area (Å²) in [5, 5.41) is 11.5. The molecule has 0 saturated carbocycles. The number of dihydropyridines is 1. The molecule has 1 unspecified atom stereocenters. The Bertz CT molecular complexity index is 222. The van der Waals surface area contributed by atoms with E-state index in [0.717, 1.165) is 10.1 Å². The zero-order valence-corrected chi connectivity index (χ0v) is 7.91. The maximum Gasteiger partial charge on any atom is 0.330 e. The van der Waals surface area contributed by atoms with Gasteiger partial charge in [0.15, 0.2) is 0 Å². The van der Waals surface area contributed by atoms with Gasteiger partial charge in [0.1, 0.15) is 6.04 Å². The van der Waals surface area contributed by atoms with Crippen LogP contribution in [-0.2, 0) is 4.79 Å². The molecule has 0 bridgehead atoms. The molecule has 1 rings (SSSR count). The van der Waals surface area contributed by atoms with E-state index in [4.69, 9.17) is 5.11 Å². The summed E-state index contributed by atoms with van der Waals surface area (Å²) < 4.78 is 0.811. The largest absolute Gasteiger partial charge is 0.479 e. The number of carboxylic acids is 1. The number of carbonyl (C=O) groups is 1. The molecule has 0 aliphatic carbocycles. The predicted molar refractivity (Wildman–Crippen MR) is 50.7 cm³/mol. The third-order valence-corrected chi connectivity index (χ3v) is 2.17. The van der Waals surface area contributed by atoms with Crippen molar-refractivity contribution in [2.45, 2.75) is 6.04 Å². The van der Waals surface area contributed by atoms with E-state index in [2.05, 4.69) is 27.9 Å². The van der Waals surface area contributed by atoms with Crippen molar-refractivity contribution in [1.82, 2.24) is 5.32 Å². The Balaban J connectivity index is 2.62. The van der Waals surface area contributed by atoms with Crippen molar-refractivity contribution < 1.29 is 9.90 Å². The Morgan fingerprint density at radius 1 is 1.82 bits per heavy atom. The standard InChI is InChI=1S/C7H8INO2/c8-4-5-2-1-3-6(9-5)7(10)11/h1-3,6,9H,4H2,(H,10,11). The van der Waals surface area contributed by atoms with Crippen LogP contribution in [0.2, 0.25) is 0 Å². The molecule has 0 spiro atoms. The highest BCUT2D eigenvalue weighted by Crippen LogP contribution is 2.04. The summed E-state index contributed by atoms with van der Waals surface area (Å²) >= 11 is 2.18. The number of aliphatic carboxylic acids is 1. The lowest BCUT2D eigenvalue weighted by Gasteiger charge is -2.16. The molecule has 0 radical (unpaired) electrons. The van der Waals surface area contributed by atoms with E-state index in [-0.39, 0.29) is 0 Å². The highest BCUT2D eigenvalue weighted by atomic mass is 127. The lowest BCUT2D eigenvalue weighted by Crippen LogP contribution is -2.36. The molecule has 1 aliphatic heterocycles. The Labute approximate surface area is 78.3 Å². The minimum Gasteiger partial charge on any atom is -0.479 e. The smallest absolute Gasteiger partial charge is 0.330 e. The normalized spacial score (nSPS) is 22.3. The Kier molecular flexibility index (Phi) is 2.92. The second-order valence-corrected chi connectivity index (χ2v) is 2.93. The Morgan fingerprint density at radius 2 is 2.55 bits per heavy atom. The molecule has 1 atom stereocenters. The fourth-order valence-electron chi connectivity index (χ4n) is 0.806. The second-order valence-electron chi connectivity index (χ2n) is 2.17. The number of rotatable bonds is 2. The van der Waals surface area contributed by atoms with Crippen LogP contribution >= 0.6 is 22.6 Å². The molecule has 0 amide bonds. The maximum atomic E-state index is 10.5. The molecular weight excluding hydrogens is 257 g/mol. The van der Waals surface area contributed by atoms with Crippen molar-refractivity contribution in [3.8, 4) is 0 Å². The molecule has 0 aromatic heterocycles. The summed E-state index contributed by atoms with van der Waals surface area (Å²) in [6, 6.07) is -0.551. The Morgan fingerprint density at radius 3 is 3.09 bits per heavy atom. The van der Waals surface area contributed by atoms with Gasteiger partial charge in [0, 0.05) is 10.1 Å². The van der Waals surface area contributed by atoms with Gasteiger partial charge in [-0.25, -0.2) is 4.79 Å². The fraction of sp³-hybridized carbons (Fsp3) is 0.286. The van der Waals surface area contributed by atoms with E-state index >= 15 is 0 Å². The highest BCUT2D eigenvalue weighted by molar-refractivity contribution is 14.1. The van der Waals surface area contributed by atoms with Gasteiger partial charge in [-0.3, -0.25) is 0 Å². The lowest BCUT2D eigenvalue weighted by atomic mass is 10.2. The van der Waals surface area contributed by atoms with Crippen LogP contribution in [0.5, 0.6) is 0 Å². The lowest BCUT2D eigenvalue weighted by molar-refractivity contribution is -0.138. The molecule has 4 heteroatoms. The van der Waals surface area contributed by atoms with Gasteiger partial charge in [-0.15, -0.1) is 0 Å². The van der Waals surface area contributed by atoms with Crippen LogP contribution in [0.1, 0.15) is 0 Å². The average molecular weight is 265 g/mol. The first-order valence-corrected chi connectivity index (χ1v) is 4.69. The predicted octanol–water partition coefficient (Wildman–Crippen LogP) is 0.918. The molecule has 0 aromatic rings. The van der Waals surface area contributed by atoms with Gasteiger partial charge in [-0.2, -0.15) is 0 Å². The van der Waals surface area contributed by atoms with Crippen LogP contribution in [0.25, 0.3) is 0 Å². The minimum atomic E-state index is -0.836. The third-order valence-electron chi connectivity index (χ3n) is 1.35. The minimum absolute atomic E-state index is 0.551. The summed E-state index contributed by atoms with van der Waals surface area (Å²) in [5.74, 6) is -0.836. The molecule has 0 fully saturated rings. The fourth-order valence-corrected chi connectivity index (χ4v) is 1.28. The van der Waals surface area contributed by atoms with E-state index in [1.165, 1.54) is 0 Å². The first kappa shape index (κ1) is 8.58. The molecule has 1 heterocycles. The zero-order valence-electron chi connectivity index (χ0n) is 5.75. The molecular formula is C7H8INO2. The topological polar surface area (TPSA) is 49.3 Å². The average Bonchev–Trinajstić information content (AvgIpc) is 2.05. The van der Waals surface area contributed by atoms with Crippen LogP contribution < -0.4 is 5.32 Å². The van der Waals surface area contributed by atoms with Gasteiger partial charge >= 0.3 is 5.97 Å². The number of allylic oxidation sites excluding steroid dienone is 3. The summed E-state index contributed by atoms with van der Waals surface area (Å²) in [6.07, 6.45) is 5.27. The molecule has 1 aliphatic rings. The van der Waals surface area contributed by atoms with Gasteiger partial charge in [-0.1, -0.05) is 34.7 Å². The van der Waals surface area contributed by atoms with Crippen molar-refractivity contribution in [2.24, 2.45) is 0 Å². The van der Waals surface area contributed by atoms with Crippen molar-refractivity contribution in [2.75, 3.05) is 4.43 Å². The number of carboxylic acid groups (broad SMARTS) is 1. The van der Waals surface area contributed by atoms with Gasteiger partial charge in [0.25, 0.3) is 0 Å². The van der Waals surface area contributed by atoms with Crippen LogP contribution in [0.3, 0.4) is 0 Å². The second kappa shape index (κ2) is 3.75. The van der Waals surface area contributed by atoms with E-state index in [1.807, 2.05) is 6.08 Å². The van der Waals surface area contributed by atoms with Crippen molar-refractivity contribution >= 4 is 28.6 Å². The van der Waals surface area contributed by atoms with Gasteiger partial charge in [-0.05, 0) is 6.08 Å². The van der Waals surface area contributed by atoms with E-state index in [1.54, 1.807) is 12.2 Å². The summed E-state index contributed by atoms with van der Waals surface area (Å²) in [6.45, 7) is 0. The number of hydrogen-bond acceptors (Lipinski definition) is 2. The summed E-state index contributed by atoms with van der Waals surface area (Å²) in [7, 11) is 0. The SMILES string of the molecule is O=C(O)C1C=CC=C(CI)N1. The molecule has 0 aromatic carbocycles. The molecule has 3 nitrogen and oxygen atoms in total. The zero-order chi connectivity index (χ0) is 8.27. The van der Waals surface area contributed by atoms with Crippen molar-refractivity contribution in [3.05, 3.63) is 23.9 Å². The van der Waals surface area contributed by atoms with Gasteiger partial charge in [0.2, 0.25) is 0 Å². The quantitative estimate of drug-likeness (QED) is 0.576.